The van der Waals surface area contributed by atoms with Crippen LogP contribution in [0, 0.1) is 5.92 Å². The van der Waals surface area contributed by atoms with Crippen LogP contribution < -0.4 is 9.64 Å². The predicted molar refractivity (Wildman–Crippen MR) is 127 cm³/mol. The summed E-state index contributed by atoms with van der Waals surface area (Å²) in [5.74, 6) is 1.60. The zero-order valence-corrected chi connectivity index (χ0v) is 19.2. The van der Waals surface area contributed by atoms with Gasteiger partial charge in [-0.25, -0.2) is 9.38 Å². The quantitative estimate of drug-likeness (QED) is 0.404. The van der Waals surface area contributed by atoms with Crippen LogP contribution in [-0.2, 0) is 9.53 Å². The molecule has 1 saturated heterocycles. The maximum atomic E-state index is 12.5. The highest BCUT2D eigenvalue weighted by atomic mass is 35.5. The van der Waals surface area contributed by atoms with Crippen molar-refractivity contribution in [3.63, 3.8) is 0 Å². The van der Waals surface area contributed by atoms with Crippen LogP contribution in [0.15, 0.2) is 42.5 Å². The third-order valence-electron chi connectivity index (χ3n) is 5.96. The summed E-state index contributed by atoms with van der Waals surface area (Å²) in [4.78, 5) is 19.6. The van der Waals surface area contributed by atoms with E-state index in [4.69, 9.17) is 26.1 Å². The Morgan fingerprint density at radius 2 is 2.06 bits per heavy atom. The number of hydrogen-bond acceptors (Lipinski definition) is 7. The van der Waals surface area contributed by atoms with E-state index < -0.39 is 0 Å². The van der Waals surface area contributed by atoms with E-state index >= 15 is 0 Å². The van der Waals surface area contributed by atoms with E-state index in [1.165, 1.54) is 0 Å². The Morgan fingerprint density at radius 3 is 2.88 bits per heavy atom. The lowest BCUT2D eigenvalue weighted by atomic mass is 9.98. The number of esters is 1. The molecule has 2 aromatic carbocycles. The lowest BCUT2D eigenvalue weighted by Crippen LogP contribution is -2.40. The van der Waals surface area contributed by atoms with Gasteiger partial charge in [0.05, 0.1) is 30.7 Å². The summed E-state index contributed by atoms with van der Waals surface area (Å²) in [6.45, 7) is 3.47. The minimum absolute atomic E-state index is 0.170. The molecule has 5 rings (SSSR count). The molecule has 2 aromatic heterocycles. The van der Waals surface area contributed by atoms with E-state index in [1.54, 1.807) is 7.11 Å². The van der Waals surface area contributed by atoms with Crippen molar-refractivity contribution in [3.05, 3.63) is 47.5 Å². The third-order valence-corrected chi connectivity index (χ3v) is 6.19. The molecule has 0 bridgehead atoms. The Bertz CT molecular complexity index is 1340. The minimum Gasteiger partial charge on any atom is -0.496 e. The average molecular weight is 466 g/mol. The first kappa shape index (κ1) is 21.5. The molecule has 8 nitrogen and oxygen atoms in total. The Hall–Kier alpha value is -3.39. The van der Waals surface area contributed by atoms with Gasteiger partial charge in [0.1, 0.15) is 5.75 Å². The van der Waals surface area contributed by atoms with Crippen molar-refractivity contribution in [1.82, 2.24) is 19.6 Å². The van der Waals surface area contributed by atoms with Crippen LogP contribution in [0.2, 0.25) is 5.02 Å². The highest BCUT2D eigenvalue weighted by Gasteiger charge is 2.30. The van der Waals surface area contributed by atoms with Gasteiger partial charge >= 0.3 is 5.97 Å². The van der Waals surface area contributed by atoms with Gasteiger partial charge in [-0.15, -0.1) is 10.2 Å². The minimum atomic E-state index is -0.211. The molecule has 170 valence electrons. The maximum absolute atomic E-state index is 12.5. The van der Waals surface area contributed by atoms with Crippen molar-refractivity contribution in [3.8, 4) is 17.1 Å². The number of fused-ring (bicyclic) bond motifs is 3. The Morgan fingerprint density at radius 1 is 1.21 bits per heavy atom. The number of para-hydroxylation sites is 1. The van der Waals surface area contributed by atoms with E-state index in [2.05, 4.69) is 15.1 Å². The van der Waals surface area contributed by atoms with E-state index in [1.807, 2.05) is 53.8 Å². The number of nitrogens with zero attached hydrogens (tertiary/aromatic N) is 5. The van der Waals surface area contributed by atoms with Gasteiger partial charge < -0.3 is 14.4 Å². The second kappa shape index (κ2) is 8.86. The molecule has 0 saturated carbocycles. The molecular formula is C24H24ClN5O3. The van der Waals surface area contributed by atoms with Crippen LogP contribution in [0.4, 0.5) is 5.95 Å². The number of carbonyl (C=O) groups is 1. The Kier molecular flexibility index (Phi) is 5.76. The Labute approximate surface area is 196 Å². The normalized spacial score (nSPS) is 16.3. The summed E-state index contributed by atoms with van der Waals surface area (Å²) in [6, 6.07) is 13.2. The fourth-order valence-electron chi connectivity index (χ4n) is 4.42. The second-order valence-electron chi connectivity index (χ2n) is 7.99. The lowest BCUT2D eigenvalue weighted by molar-refractivity contribution is -0.148. The average Bonchev–Trinajstić information content (AvgIpc) is 3.28. The molecule has 1 aliphatic rings. The van der Waals surface area contributed by atoms with Crippen LogP contribution >= 0.6 is 11.6 Å². The number of carbonyl (C=O) groups excluding carboxylic acids is 1. The van der Waals surface area contributed by atoms with Gasteiger partial charge in [-0.1, -0.05) is 23.7 Å². The molecule has 4 aromatic rings. The molecule has 0 radical (unpaired) electrons. The molecule has 1 aliphatic heterocycles. The maximum Gasteiger partial charge on any atom is 0.310 e. The standard InChI is InChI=1S/C24H24ClN5O3/c1-3-33-23(31)15-7-6-12-29(14-15)24-26-19-13-16(25)10-11-17(19)21-27-28-22(30(21)24)18-8-4-5-9-20(18)32-2/h4-5,8-11,13,15H,3,6-7,12,14H2,1-2H3/t15-/m0/s1. The Balaban J connectivity index is 1.72. The number of halogens is 1. The first-order valence-corrected chi connectivity index (χ1v) is 11.4. The molecule has 1 atom stereocenters. The van der Waals surface area contributed by atoms with E-state index in [0.717, 1.165) is 35.9 Å². The number of methoxy groups -OCH3 is 1. The van der Waals surface area contributed by atoms with Gasteiger partial charge in [0, 0.05) is 23.5 Å². The molecule has 0 aliphatic carbocycles. The van der Waals surface area contributed by atoms with Gasteiger partial charge in [0.2, 0.25) is 5.95 Å². The first-order chi connectivity index (χ1) is 16.1. The van der Waals surface area contributed by atoms with Gasteiger partial charge in [-0.2, -0.15) is 0 Å². The molecule has 0 unspecified atom stereocenters. The van der Waals surface area contributed by atoms with Gasteiger partial charge in [-0.3, -0.25) is 4.79 Å². The van der Waals surface area contributed by atoms with E-state index in [0.29, 0.717) is 41.3 Å². The summed E-state index contributed by atoms with van der Waals surface area (Å²) in [5, 5.41) is 10.5. The van der Waals surface area contributed by atoms with Crippen LogP contribution in [0.3, 0.4) is 0 Å². The topological polar surface area (TPSA) is 81.9 Å². The summed E-state index contributed by atoms with van der Waals surface area (Å²) < 4.78 is 12.8. The summed E-state index contributed by atoms with van der Waals surface area (Å²) in [7, 11) is 1.63. The second-order valence-corrected chi connectivity index (χ2v) is 8.43. The van der Waals surface area contributed by atoms with Crippen LogP contribution in [0.5, 0.6) is 5.75 Å². The van der Waals surface area contributed by atoms with Gasteiger partial charge in [0.15, 0.2) is 11.5 Å². The largest absolute Gasteiger partial charge is 0.496 e. The first-order valence-electron chi connectivity index (χ1n) is 11.0. The van der Waals surface area contributed by atoms with Gasteiger partial charge in [0.25, 0.3) is 0 Å². The molecule has 9 heteroatoms. The number of hydrogen-bond donors (Lipinski definition) is 0. The van der Waals surface area contributed by atoms with Crippen molar-refractivity contribution < 1.29 is 14.3 Å². The van der Waals surface area contributed by atoms with Crippen molar-refractivity contribution in [2.45, 2.75) is 19.8 Å². The summed E-state index contributed by atoms with van der Waals surface area (Å²) in [6.07, 6.45) is 1.64. The molecule has 3 heterocycles. The number of ether oxygens (including phenoxy) is 2. The van der Waals surface area contributed by atoms with Crippen LogP contribution in [0.25, 0.3) is 27.9 Å². The number of benzene rings is 2. The van der Waals surface area contributed by atoms with Crippen LogP contribution in [0.1, 0.15) is 19.8 Å². The van der Waals surface area contributed by atoms with Crippen molar-refractivity contribution in [1.29, 1.82) is 0 Å². The molecule has 1 fully saturated rings. The number of anilines is 1. The lowest BCUT2D eigenvalue weighted by Gasteiger charge is -2.32. The van der Waals surface area contributed by atoms with Crippen molar-refractivity contribution >= 4 is 40.1 Å². The zero-order chi connectivity index (χ0) is 22.9. The van der Waals surface area contributed by atoms with Gasteiger partial charge in [-0.05, 0) is 50.1 Å². The molecule has 0 amide bonds. The SMILES string of the molecule is CCOC(=O)[C@H]1CCCN(c2nc3cc(Cl)ccc3c3nnc(-c4ccccc4OC)n23)C1. The molecule has 0 spiro atoms. The third kappa shape index (κ3) is 3.84. The highest BCUT2D eigenvalue weighted by molar-refractivity contribution is 6.31. The zero-order valence-electron chi connectivity index (χ0n) is 18.5. The van der Waals surface area contributed by atoms with E-state index in [-0.39, 0.29) is 11.9 Å². The number of piperidine rings is 1. The highest BCUT2D eigenvalue weighted by Crippen LogP contribution is 2.34. The van der Waals surface area contributed by atoms with Crippen molar-refractivity contribution in [2.75, 3.05) is 31.7 Å². The predicted octanol–water partition coefficient (Wildman–Crippen LogP) is 4.39. The fraction of sp³-hybridized carbons (Fsp3) is 0.333. The molecule has 0 N–H and O–H groups in total. The van der Waals surface area contributed by atoms with Crippen molar-refractivity contribution in [2.24, 2.45) is 5.92 Å². The summed E-state index contributed by atoms with van der Waals surface area (Å²) in [5.41, 5.74) is 2.20. The number of aromatic nitrogens is 4. The van der Waals surface area contributed by atoms with Crippen LogP contribution in [-0.4, -0.2) is 52.4 Å². The summed E-state index contributed by atoms with van der Waals surface area (Å²) >= 11 is 6.27. The molecular weight excluding hydrogens is 442 g/mol. The smallest absolute Gasteiger partial charge is 0.310 e. The van der Waals surface area contributed by atoms with E-state index in [9.17, 15) is 4.79 Å². The fourth-order valence-corrected chi connectivity index (χ4v) is 4.59. The molecule has 33 heavy (non-hydrogen) atoms. The number of rotatable bonds is 5. The monoisotopic (exact) mass is 465 g/mol.